The lowest BCUT2D eigenvalue weighted by molar-refractivity contribution is -0.141. The number of hydrogen-bond acceptors (Lipinski definition) is 4. The Labute approximate surface area is 208 Å². The molecule has 0 atom stereocenters. The van der Waals surface area contributed by atoms with E-state index in [1.54, 1.807) is 24.3 Å². The molecule has 2 fully saturated rings. The minimum Gasteiger partial charge on any atom is -0.497 e. The van der Waals surface area contributed by atoms with Crippen molar-refractivity contribution >= 4 is 11.6 Å². The summed E-state index contributed by atoms with van der Waals surface area (Å²) in [5.41, 5.74) is 0.964. The van der Waals surface area contributed by atoms with Gasteiger partial charge in [-0.3, -0.25) is 4.79 Å². The maximum atomic E-state index is 13.4. The second-order valence-electron chi connectivity index (χ2n) is 9.63. The van der Waals surface area contributed by atoms with Gasteiger partial charge in [-0.2, -0.15) is 18.3 Å². The summed E-state index contributed by atoms with van der Waals surface area (Å²) >= 11 is 0. The van der Waals surface area contributed by atoms with Gasteiger partial charge in [0.15, 0.2) is 5.69 Å². The van der Waals surface area contributed by atoms with Gasteiger partial charge in [0.05, 0.1) is 12.8 Å². The Kier molecular flexibility index (Phi) is 6.51. The van der Waals surface area contributed by atoms with Gasteiger partial charge in [0, 0.05) is 11.8 Å². The average molecular weight is 499 g/mol. The van der Waals surface area contributed by atoms with Crippen molar-refractivity contribution < 1.29 is 22.7 Å². The highest BCUT2D eigenvalue weighted by Crippen LogP contribution is 2.51. The number of rotatable bonds is 8. The van der Waals surface area contributed by atoms with Crippen molar-refractivity contribution in [2.75, 3.05) is 32.1 Å². The van der Waals surface area contributed by atoms with Crippen molar-refractivity contribution in [1.29, 1.82) is 0 Å². The largest absolute Gasteiger partial charge is 0.497 e. The van der Waals surface area contributed by atoms with Crippen LogP contribution in [0.5, 0.6) is 5.75 Å². The second-order valence-corrected chi connectivity index (χ2v) is 9.63. The second kappa shape index (κ2) is 9.61. The summed E-state index contributed by atoms with van der Waals surface area (Å²) in [5, 5.41) is 6.40. The van der Waals surface area contributed by atoms with Gasteiger partial charge in [0.2, 0.25) is 0 Å². The van der Waals surface area contributed by atoms with Crippen molar-refractivity contribution in [3.05, 3.63) is 71.5 Å². The normalized spacial score (nSPS) is 17.2. The molecule has 3 aromatic rings. The van der Waals surface area contributed by atoms with Gasteiger partial charge in [-0.15, -0.1) is 0 Å². The molecule has 0 spiro atoms. The van der Waals surface area contributed by atoms with Gasteiger partial charge < -0.3 is 15.0 Å². The Morgan fingerprint density at radius 2 is 1.72 bits per heavy atom. The number of methoxy groups -OCH3 is 1. The lowest BCUT2D eigenvalue weighted by Gasteiger charge is -2.21. The van der Waals surface area contributed by atoms with E-state index in [-0.39, 0.29) is 11.1 Å². The molecule has 2 aromatic carbocycles. The van der Waals surface area contributed by atoms with Gasteiger partial charge in [-0.25, -0.2) is 4.68 Å². The van der Waals surface area contributed by atoms with E-state index in [9.17, 15) is 18.0 Å². The minimum absolute atomic E-state index is 0.208. The lowest BCUT2D eigenvalue weighted by atomic mass is 9.92. The summed E-state index contributed by atoms with van der Waals surface area (Å²) in [6.07, 6.45) is 1.33. The number of likely N-dealkylation sites (tertiary alicyclic amines) is 1. The highest BCUT2D eigenvalue weighted by molar-refractivity contribution is 6.03. The number of nitrogens with zero attached hydrogens (tertiary/aromatic N) is 3. The van der Waals surface area contributed by atoms with Crippen molar-refractivity contribution in [2.24, 2.45) is 0 Å². The predicted molar refractivity (Wildman–Crippen MR) is 131 cm³/mol. The number of nitrogens with one attached hydrogen (secondary N) is 1. The molecule has 0 bridgehead atoms. The fraction of sp³-hybridized carbons (Fsp3) is 0.407. The fourth-order valence-electron chi connectivity index (χ4n) is 4.92. The average Bonchev–Trinajstić information content (AvgIpc) is 3.26. The van der Waals surface area contributed by atoms with Crippen LogP contribution >= 0.6 is 0 Å². The molecule has 6 nitrogen and oxygen atoms in total. The van der Waals surface area contributed by atoms with Gasteiger partial charge in [-0.1, -0.05) is 12.1 Å². The summed E-state index contributed by atoms with van der Waals surface area (Å²) < 4.78 is 46.3. The Balaban J connectivity index is 1.32. The number of ether oxygens (including phenoxy) is 1. The Morgan fingerprint density at radius 1 is 1.06 bits per heavy atom. The third-order valence-electron chi connectivity index (χ3n) is 7.26. The molecule has 1 saturated heterocycles. The predicted octanol–water partition coefficient (Wildman–Crippen LogP) is 5.67. The highest BCUT2D eigenvalue weighted by Gasteiger charge is 2.44. The van der Waals surface area contributed by atoms with Crippen molar-refractivity contribution in [1.82, 2.24) is 14.7 Å². The topological polar surface area (TPSA) is 59.4 Å². The van der Waals surface area contributed by atoms with E-state index in [0.717, 1.165) is 36.6 Å². The van der Waals surface area contributed by atoms with E-state index in [1.165, 1.54) is 38.6 Å². The highest BCUT2D eigenvalue weighted by atomic mass is 19.4. The van der Waals surface area contributed by atoms with E-state index in [1.807, 2.05) is 24.3 Å². The molecule has 190 valence electrons. The van der Waals surface area contributed by atoms with E-state index in [2.05, 4.69) is 15.3 Å². The Bertz CT molecular complexity index is 1210. The molecule has 9 heteroatoms. The summed E-state index contributed by atoms with van der Waals surface area (Å²) in [6.45, 7) is 3.48. The number of benzene rings is 2. The third kappa shape index (κ3) is 5.11. The monoisotopic (exact) mass is 498 g/mol. The molecule has 1 amide bonds. The van der Waals surface area contributed by atoms with Crippen molar-refractivity contribution in [3.8, 4) is 11.4 Å². The Morgan fingerprint density at radius 3 is 2.31 bits per heavy atom. The van der Waals surface area contributed by atoms with Crippen LogP contribution in [0.15, 0.2) is 54.6 Å². The number of carbonyl (C=O) groups is 1. The molecule has 36 heavy (non-hydrogen) atoms. The van der Waals surface area contributed by atoms with Gasteiger partial charge in [0.25, 0.3) is 5.91 Å². The minimum atomic E-state index is -4.68. The molecule has 1 aromatic heterocycles. The number of amides is 1. The Hall–Kier alpha value is -3.33. The molecule has 1 N–H and O–H groups in total. The zero-order valence-corrected chi connectivity index (χ0v) is 20.1. The smallest absolute Gasteiger partial charge is 0.435 e. The molecule has 0 radical (unpaired) electrons. The number of halogens is 3. The molecule has 0 unspecified atom stereocenters. The van der Waals surface area contributed by atoms with Crippen molar-refractivity contribution in [3.63, 3.8) is 0 Å². The van der Waals surface area contributed by atoms with Crippen LogP contribution in [0.1, 0.15) is 53.8 Å². The zero-order valence-electron chi connectivity index (χ0n) is 20.1. The van der Waals surface area contributed by atoms with Crippen LogP contribution < -0.4 is 10.1 Å². The fourth-order valence-corrected chi connectivity index (χ4v) is 4.92. The SMILES string of the molecule is COc1ccc(-n2nc(C(F)(F)F)cc2C(=O)Nc2ccc(C3(CCN4CCCC4)CC3)cc2)cc1. The summed E-state index contributed by atoms with van der Waals surface area (Å²) in [5.74, 6) is -0.126. The van der Waals surface area contributed by atoms with Crippen LogP contribution in [0.2, 0.25) is 0 Å². The molecule has 1 aliphatic carbocycles. The van der Waals surface area contributed by atoms with E-state index in [0.29, 0.717) is 17.1 Å². The van der Waals surface area contributed by atoms with Gasteiger partial charge in [-0.05, 0) is 99.1 Å². The maximum absolute atomic E-state index is 13.4. The molecule has 5 rings (SSSR count). The first kappa shape index (κ1) is 24.4. The number of hydrogen-bond donors (Lipinski definition) is 1. The summed E-state index contributed by atoms with van der Waals surface area (Å²) in [6, 6.07) is 14.8. The number of anilines is 1. The summed E-state index contributed by atoms with van der Waals surface area (Å²) in [7, 11) is 1.49. The molecular weight excluding hydrogens is 469 g/mol. The summed E-state index contributed by atoms with van der Waals surface area (Å²) in [4.78, 5) is 15.6. The first-order valence-corrected chi connectivity index (χ1v) is 12.2. The molecule has 1 aliphatic heterocycles. The zero-order chi connectivity index (χ0) is 25.3. The maximum Gasteiger partial charge on any atom is 0.435 e. The third-order valence-corrected chi connectivity index (χ3v) is 7.26. The van der Waals surface area contributed by atoms with Crippen molar-refractivity contribution in [2.45, 2.75) is 43.7 Å². The standard InChI is InChI=1S/C27H29F3N4O2/c1-36-22-10-8-21(9-11-22)34-23(18-24(32-34)27(28,29)30)25(35)31-20-6-4-19(5-7-20)26(12-13-26)14-17-33-15-2-3-16-33/h4-11,18H,2-3,12-17H2,1H3,(H,31,35). The number of aromatic nitrogens is 2. The van der Waals surface area contributed by atoms with Gasteiger partial charge in [0.1, 0.15) is 11.4 Å². The van der Waals surface area contributed by atoms with Crippen LogP contribution in [0.3, 0.4) is 0 Å². The van der Waals surface area contributed by atoms with E-state index < -0.39 is 17.8 Å². The molecule has 1 saturated carbocycles. The van der Waals surface area contributed by atoms with E-state index in [4.69, 9.17) is 4.74 Å². The lowest BCUT2D eigenvalue weighted by Crippen LogP contribution is -2.24. The number of carbonyl (C=O) groups excluding carboxylic acids is 1. The van der Waals surface area contributed by atoms with Crippen LogP contribution in [-0.4, -0.2) is 47.3 Å². The quantitative estimate of drug-likeness (QED) is 0.435. The molecular formula is C27H29F3N4O2. The van der Waals surface area contributed by atoms with Gasteiger partial charge >= 0.3 is 6.18 Å². The van der Waals surface area contributed by atoms with Crippen LogP contribution in [0.4, 0.5) is 18.9 Å². The van der Waals surface area contributed by atoms with Crippen LogP contribution in [-0.2, 0) is 11.6 Å². The number of alkyl halides is 3. The van der Waals surface area contributed by atoms with E-state index >= 15 is 0 Å². The van der Waals surface area contributed by atoms with Crippen LogP contribution in [0.25, 0.3) is 5.69 Å². The first-order chi connectivity index (χ1) is 17.3. The van der Waals surface area contributed by atoms with Crippen LogP contribution in [0, 0.1) is 0 Å². The molecule has 2 aliphatic rings. The molecule has 2 heterocycles. The first-order valence-electron chi connectivity index (χ1n) is 12.2.